The SMILES string of the molecule is CCCCCC(C)(C)CNCc1cnc(CC)s1. The summed E-state index contributed by atoms with van der Waals surface area (Å²) in [6.07, 6.45) is 8.40. The van der Waals surface area contributed by atoms with Gasteiger partial charge in [-0.15, -0.1) is 11.3 Å². The number of hydrogen-bond acceptors (Lipinski definition) is 3. The second-order valence-corrected chi connectivity index (χ2v) is 7.00. The summed E-state index contributed by atoms with van der Waals surface area (Å²) in [6.45, 7) is 11.2. The summed E-state index contributed by atoms with van der Waals surface area (Å²) in [4.78, 5) is 5.75. The number of aryl methyl sites for hydroxylation is 1. The first-order valence-electron chi connectivity index (χ1n) is 7.21. The molecule has 1 N–H and O–H groups in total. The Labute approximate surface area is 116 Å². The lowest BCUT2D eigenvalue weighted by Gasteiger charge is -2.24. The molecule has 0 atom stereocenters. The third kappa shape index (κ3) is 5.96. The average molecular weight is 268 g/mol. The molecule has 0 amide bonds. The van der Waals surface area contributed by atoms with Crippen molar-refractivity contribution in [2.24, 2.45) is 5.41 Å². The van der Waals surface area contributed by atoms with Crippen LogP contribution in [0, 0.1) is 5.41 Å². The molecule has 1 aromatic rings. The smallest absolute Gasteiger partial charge is 0.0925 e. The number of nitrogens with one attached hydrogen (secondary N) is 1. The number of thiazole rings is 1. The van der Waals surface area contributed by atoms with Crippen molar-refractivity contribution < 1.29 is 0 Å². The lowest BCUT2D eigenvalue weighted by atomic mass is 9.87. The van der Waals surface area contributed by atoms with Crippen LogP contribution < -0.4 is 5.32 Å². The van der Waals surface area contributed by atoms with E-state index in [1.54, 1.807) is 0 Å². The fraction of sp³-hybridized carbons (Fsp3) is 0.800. The van der Waals surface area contributed by atoms with Gasteiger partial charge in [-0.05, 0) is 18.3 Å². The summed E-state index contributed by atoms with van der Waals surface area (Å²) >= 11 is 1.83. The van der Waals surface area contributed by atoms with Gasteiger partial charge in [-0.2, -0.15) is 0 Å². The Bertz CT molecular complexity index is 331. The van der Waals surface area contributed by atoms with Gasteiger partial charge in [-0.1, -0.05) is 47.0 Å². The number of nitrogens with zero attached hydrogens (tertiary/aromatic N) is 1. The molecule has 0 fully saturated rings. The summed E-state index contributed by atoms with van der Waals surface area (Å²) in [6, 6.07) is 0. The minimum Gasteiger partial charge on any atom is -0.311 e. The lowest BCUT2D eigenvalue weighted by Crippen LogP contribution is -2.28. The summed E-state index contributed by atoms with van der Waals surface area (Å²) in [5, 5.41) is 4.82. The number of aromatic nitrogens is 1. The highest BCUT2D eigenvalue weighted by Gasteiger charge is 2.16. The van der Waals surface area contributed by atoms with Gasteiger partial charge in [-0.3, -0.25) is 0 Å². The van der Waals surface area contributed by atoms with E-state index in [0.29, 0.717) is 5.41 Å². The Morgan fingerprint density at radius 3 is 2.67 bits per heavy atom. The van der Waals surface area contributed by atoms with Gasteiger partial charge in [0.2, 0.25) is 0 Å². The lowest BCUT2D eigenvalue weighted by molar-refractivity contribution is 0.302. The van der Waals surface area contributed by atoms with Crippen molar-refractivity contribution in [3.8, 4) is 0 Å². The molecule has 2 nitrogen and oxygen atoms in total. The Balaban J connectivity index is 2.23. The van der Waals surface area contributed by atoms with Crippen LogP contribution in [0.4, 0.5) is 0 Å². The highest BCUT2D eigenvalue weighted by Crippen LogP contribution is 2.23. The van der Waals surface area contributed by atoms with E-state index in [9.17, 15) is 0 Å². The van der Waals surface area contributed by atoms with Crippen LogP contribution in [0.25, 0.3) is 0 Å². The summed E-state index contributed by atoms with van der Waals surface area (Å²) in [7, 11) is 0. The minimum absolute atomic E-state index is 0.410. The molecule has 1 rings (SSSR count). The van der Waals surface area contributed by atoms with E-state index >= 15 is 0 Å². The number of unbranched alkanes of at least 4 members (excludes halogenated alkanes) is 2. The monoisotopic (exact) mass is 268 g/mol. The molecule has 0 saturated heterocycles. The van der Waals surface area contributed by atoms with E-state index in [4.69, 9.17) is 0 Å². The Morgan fingerprint density at radius 2 is 2.06 bits per heavy atom. The standard InChI is InChI=1S/C15H28N2S/c1-5-7-8-9-15(3,4)12-16-10-13-11-17-14(6-2)18-13/h11,16H,5-10,12H2,1-4H3. The van der Waals surface area contributed by atoms with E-state index in [2.05, 4.69) is 38.0 Å². The average Bonchev–Trinajstić information content (AvgIpc) is 2.77. The van der Waals surface area contributed by atoms with Crippen LogP contribution in [0.15, 0.2) is 6.20 Å². The van der Waals surface area contributed by atoms with E-state index in [1.165, 1.54) is 35.6 Å². The van der Waals surface area contributed by atoms with Gasteiger partial charge in [-0.25, -0.2) is 4.98 Å². The molecule has 1 heterocycles. The van der Waals surface area contributed by atoms with Crippen molar-refractivity contribution in [2.45, 2.75) is 66.3 Å². The molecule has 1 aromatic heterocycles. The van der Waals surface area contributed by atoms with Crippen molar-refractivity contribution in [3.63, 3.8) is 0 Å². The quantitative estimate of drug-likeness (QED) is 0.671. The van der Waals surface area contributed by atoms with Crippen LogP contribution in [0.2, 0.25) is 0 Å². The summed E-state index contributed by atoms with van der Waals surface area (Å²) in [5.41, 5.74) is 0.410. The zero-order chi connectivity index (χ0) is 13.4. The number of rotatable bonds is 9. The Morgan fingerprint density at radius 1 is 1.28 bits per heavy atom. The van der Waals surface area contributed by atoms with Crippen molar-refractivity contribution in [2.75, 3.05) is 6.54 Å². The molecule has 0 aliphatic heterocycles. The van der Waals surface area contributed by atoms with Crippen molar-refractivity contribution in [1.82, 2.24) is 10.3 Å². The largest absolute Gasteiger partial charge is 0.311 e. The van der Waals surface area contributed by atoms with Gasteiger partial charge in [0.25, 0.3) is 0 Å². The fourth-order valence-corrected chi connectivity index (χ4v) is 2.89. The normalized spacial score (nSPS) is 12.0. The second kappa shape index (κ2) is 7.90. The Hall–Kier alpha value is -0.410. The maximum Gasteiger partial charge on any atom is 0.0925 e. The fourth-order valence-electron chi connectivity index (χ4n) is 2.06. The van der Waals surface area contributed by atoms with Gasteiger partial charge < -0.3 is 5.32 Å². The van der Waals surface area contributed by atoms with Crippen LogP contribution >= 0.6 is 11.3 Å². The van der Waals surface area contributed by atoms with E-state index < -0.39 is 0 Å². The summed E-state index contributed by atoms with van der Waals surface area (Å²) in [5.74, 6) is 0. The molecule has 0 saturated carbocycles. The van der Waals surface area contributed by atoms with Gasteiger partial charge in [0.15, 0.2) is 0 Å². The van der Waals surface area contributed by atoms with Crippen LogP contribution in [0.5, 0.6) is 0 Å². The van der Waals surface area contributed by atoms with Crippen LogP contribution in [0.1, 0.15) is 63.3 Å². The minimum atomic E-state index is 0.410. The highest BCUT2D eigenvalue weighted by atomic mass is 32.1. The van der Waals surface area contributed by atoms with Gasteiger partial charge in [0.1, 0.15) is 0 Å². The molecule has 0 aromatic carbocycles. The van der Waals surface area contributed by atoms with Crippen LogP contribution in [0.3, 0.4) is 0 Å². The molecular weight excluding hydrogens is 240 g/mol. The van der Waals surface area contributed by atoms with Gasteiger partial charge in [0, 0.05) is 24.2 Å². The molecule has 104 valence electrons. The topological polar surface area (TPSA) is 24.9 Å². The Kier molecular flexibility index (Phi) is 6.87. The first-order valence-corrected chi connectivity index (χ1v) is 8.03. The first kappa shape index (κ1) is 15.6. The van der Waals surface area contributed by atoms with Crippen LogP contribution in [-0.4, -0.2) is 11.5 Å². The third-order valence-electron chi connectivity index (χ3n) is 3.26. The molecule has 18 heavy (non-hydrogen) atoms. The molecule has 0 aliphatic rings. The van der Waals surface area contributed by atoms with Crippen molar-refractivity contribution in [1.29, 1.82) is 0 Å². The zero-order valence-electron chi connectivity index (χ0n) is 12.4. The second-order valence-electron chi connectivity index (χ2n) is 5.80. The third-order valence-corrected chi connectivity index (χ3v) is 4.41. The first-order chi connectivity index (χ1) is 8.57. The molecule has 0 radical (unpaired) electrons. The molecule has 0 unspecified atom stereocenters. The molecule has 0 bridgehead atoms. The molecule has 3 heteroatoms. The van der Waals surface area contributed by atoms with Crippen molar-refractivity contribution in [3.05, 3.63) is 16.1 Å². The predicted octanol–water partition coefficient (Wildman–Crippen LogP) is 4.40. The van der Waals surface area contributed by atoms with Crippen molar-refractivity contribution >= 4 is 11.3 Å². The van der Waals surface area contributed by atoms with E-state index in [0.717, 1.165) is 19.5 Å². The van der Waals surface area contributed by atoms with Gasteiger partial charge in [0.05, 0.1) is 5.01 Å². The summed E-state index contributed by atoms with van der Waals surface area (Å²) < 4.78 is 0. The van der Waals surface area contributed by atoms with E-state index in [-0.39, 0.29) is 0 Å². The van der Waals surface area contributed by atoms with Crippen LogP contribution in [-0.2, 0) is 13.0 Å². The zero-order valence-corrected chi connectivity index (χ0v) is 13.2. The maximum atomic E-state index is 4.39. The number of hydrogen-bond donors (Lipinski definition) is 1. The van der Waals surface area contributed by atoms with E-state index in [1.807, 2.05) is 17.5 Å². The highest BCUT2D eigenvalue weighted by molar-refractivity contribution is 7.11. The molecular formula is C15H28N2S. The molecule has 0 aliphatic carbocycles. The maximum absolute atomic E-state index is 4.39. The predicted molar refractivity (Wildman–Crippen MR) is 81.1 cm³/mol. The molecule has 0 spiro atoms. The van der Waals surface area contributed by atoms with Gasteiger partial charge >= 0.3 is 0 Å².